The van der Waals surface area contributed by atoms with Crippen molar-refractivity contribution >= 4 is 33.2 Å². The second-order valence-corrected chi connectivity index (χ2v) is 9.98. The molecule has 3 rings (SSSR count). The smallest absolute Gasteiger partial charge is 0.251 e. The average molecular weight is 487 g/mol. The van der Waals surface area contributed by atoms with Crippen LogP contribution in [0.5, 0.6) is 5.75 Å². The lowest BCUT2D eigenvalue weighted by molar-refractivity contribution is 0.0940. The largest absolute Gasteiger partial charge is 0.494 e. The number of hydrogen-bond donors (Lipinski definition) is 1. The number of halogens is 1. The fourth-order valence-corrected chi connectivity index (χ4v) is 4.33. The zero-order chi connectivity index (χ0) is 24.0. The van der Waals surface area contributed by atoms with Gasteiger partial charge in [0, 0.05) is 10.6 Å². The lowest BCUT2D eigenvalue weighted by atomic mass is 10.1. The van der Waals surface area contributed by atoms with Crippen LogP contribution in [0.1, 0.15) is 41.4 Å². The van der Waals surface area contributed by atoms with Gasteiger partial charge in [-0.3, -0.25) is 9.10 Å². The summed E-state index contributed by atoms with van der Waals surface area (Å²) >= 11 is 5.92. The van der Waals surface area contributed by atoms with Gasteiger partial charge < -0.3 is 10.1 Å². The summed E-state index contributed by atoms with van der Waals surface area (Å²) in [6.45, 7) is 4.59. The molecule has 0 fully saturated rings. The molecule has 0 aliphatic carbocycles. The van der Waals surface area contributed by atoms with E-state index in [1.54, 1.807) is 48.5 Å². The van der Waals surface area contributed by atoms with Crippen LogP contribution in [0.25, 0.3) is 0 Å². The third kappa shape index (κ3) is 6.73. The molecule has 0 saturated heterocycles. The molecular weight excluding hydrogens is 460 g/mol. The zero-order valence-electron chi connectivity index (χ0n) is 18.8. The molecule has 0 bridgehead atoms. The molecule has 174 valence electrons. The van der Waals surface area contributed by atoms with Gasteiger partial charge >= 0.3 is 0 Å². The van der Waals surface area contributed by atoms with Crippen molar-refractivity contribution in [3.63, 3.8) is 0 Å². The summed E-state index contributed by atoms with van der Waals surface area (Å²) in [7, 11) is -3.53. The van der Waals surface area contributed by atoms with E-state index in [1.165, 1.54) is 4.31 Å². The van der Waals surface area contributed by atoms with Crippen molar-refractivity contribution in [1.29, 1.82) is 0 Å². The van der Waals surface area contributed by atoms with Crippen molar-refractivity contribution < 1.29 is 17.9 Å². The Hall–Kier alpha value is -3.03. The summed E-state index contributed by atoms with van der Waals surface area (Å²) in [6.07, 6.45) is 1.15. The zero-order valence-corrected chi connectivity index (χ0v) is 20.4. The molecule has 0 radical (unpaired) electrons. The topological polar surface area (TPSA) is 75.7 Å². The molecule has 0 saturated carbocycles. The van der Waals surface area contributed by atoms with Gasteiger partial charge in [0.1, 0.15) is 5.75 Å². The van der Waals surface area contributed by atoms with Crippen LogP contribution in [0.15, 0.2) is 72.8 Å². The van der Waals surface area contributed by atoms with Crippen LogP contribution in [0, 0.1) is 0 Å². The molecule has 3 aromatic carbocycles. The predicted octanol–water partition coefficient (Wildman–Crippen LogP) is 5.20. The normalized spacial score (nSPS) is 12.1. The number of amides is 1. The Bertz CT molecular complexity index is 1180. The van der Waals surface area contributed by atoms with Gasteiger partial charge in [-0.25, -0.2) is 8.42 Å². The number of carbonyl (C=O) groups is 1. The van der Waals surface area contributed by atoms with Gasteiger partial charge in [-0.05, 0) is 73.5 Å². The molecule has 0 aliphatic rings. The highest BCUT2D eigenvalue weighted by Gasteiger charge is 2.19. The van der Waals surface area contributed by atoms with Gasteiger partial charge in [0.2, 0.25) is 10.0 Å². The third-order valence-electron chi connectivity index (χ3n) is 5.10. The van der Waals surface area contributed by atoms with Crippen LogP contribution >= 0.6 is 11.6 Å². The first kappa shape index (κ1) is 24.6. The van der Waals surface area contributed by atoms with Crippen molar-refractivity contribution in [3.05, 3.63) is 94.5 Å². The minimum absolute atomic E-state index is 0.163. The van der Waals surface area contributed by atoms with Crippen LogP contribution in [-0.4, -0.2) is 27.2 Å². The standard InChI is InChI=1S/C25H27ClN2O4S/c1-4-32-24-15-9-20(10-16-24)18(2)27-25(29)21-7-13-23(14-8-21)28(33(3,30)31)17-19-5-11-22(26)12-6-19/h5-16,18H,4,17H2,1-3H3,(H,27,29)/t18-/m1/s1. The molecule has 3 aromatic rings. The first-order valence-electron chi connectivity index (χ1n) is 10.5. The van der Waals surface area contributed by atoms with E-state index in [9.17, 15) is 13.2 Å². The second-order valence-electron chi connectivity index (χ2n) is 7.64. The van der Waals surface area contributed by atoms with E-state index in [-0.39, 0.29) is 18.5 Å². The van der Waals surface area contributed by atoms with Crippen LogP contribution < -0.4 is 14.4 Å². The fraction of sp³-hybridized carbons (Fsp3) is 0.240. The quantitative estimate of drug-likeness (QED) is 0.451. The Labute approximate surface area is 200 Å². The summed E-state index contributed by atoms with van der Waals surface area (Å²) in [5.41, 5.74) is 2.67. The number of sulfonamides is 1. The van der Waals surface area contributed by atoms with Gasteiger partial charge in [-0.15, -0.1) is 0 Å². The van der Waals surface area contributed by atoms with Crippen molar-refractivity contribution in [1.82, 2.24) is 5.32 Å². The minimum atomic E-state index is -3.53. The number of hydrogen-bond acceptors (Lipinski definition) is 4. The number of ether oxygens (including phenoxy) is 1. The Balaban J connectivity index is 1.71. The van der Waals surface area contributed by atoms with E-state index in [1.807, 2.05) is 38.1 Å². The Kier molecular flexibility index (Phi) is 8.00. The highest BCUT2D eigenvalue weighted by Crippen LogP contribution is 2.23. The number of nitrogens with zero attached hydrogens (tertiary/aromatic N) is 1. The van der Waals surface area contributed by atoms with Crippen LogP contribution in [0.4, 0.5) is 5.69 Å². The van der Waals surface area contributed by atoms with Crippen molar-refractivity contribution in [2.24, 2.45) is 0 Å². The molecule has 1 amide bonds. The Morgan fingerprint density at radius 2 is 1.61 bits per heavy atom. The summed E-state index contributed by atoms with van der Waals surface area (Å²) in [6, 6.07) is 20.9. The predicted molar refractivity (Wildman–Crippen MR) is 132 cm³/mol. The third-order valence-corrected chi connectivity index (χ3v) is 6.49. The first-order chi connectivity index (χ1) is 15.7. The number of benzene rings is 3. The summed E-state index contributed by atoms with van der Waals surface area (Å²) in [5.74, 6) is 0.538. The van der Waals surface area contributed by atoms with Crippen LogP contribution in [-0.2, 0) is 16.6 Å². The highest BCUT2D eigenvalue weighted by molar-refractivity contribution is 7.92. The summed E-state index contributed by atoms with van der Waals surface area (Å²) < 4.78 is 31.5. The minimum Gasteiger partial charge on any atom is -0.494 e. The van der Waals surface area contributed by atoms with E-state index in [4.69, 9.17) is 16.3 Å². The molecule has 8 heteroatoms. The Morgan fingerprint density at radius 3 is 2.15 bits per heavy atom. The number of rotatable bonds is 9. The maximum absolute atomic E-state index is 12.7. The van der Waals surface area contributed by atoms with Crippen molar-refractivity contribution in [3.8, 4) is 5.75 Å². The first-order valence-corrected chi connectivity index (χ1v) is 12.8. The van der Waals surface area contributed by atoms with E-state index in [2.05, 4.69) is 5.32 Å². The van der Waals surface area contributed by atoms with Gasteiger partial charge in [0.05, 0.1) is 31.1 Å². The van der Waals surface area contributed by atoms with Gasteiger partial charge in [0.15, 0.2) is 0 Å². The summed E-state index contributed by atoms with van der Waals surface area (Å²) in [5, 5.41) is 3.55. The molecule has 0 heterocycles. The molecule has 1 atom stereocenters. The number of carbonyl (C=O) groups excluding carboxylic acids is 1. The maximum atomic E-state index is 12.7. The van der Waals surface area contributed by atoms with Crippen molar-refractivity contribution in [2.45, 2.75) is 26.4 Å². The monoisotopic (exact) mass is 486 g/mol. The van der Waals surface area contributed by atoms with Gasteiger partial charge in [-0.1, -0.05) is 35.9 Å². The highest BCUT2D eigenvalue weighted by atomic mass is 35.5. The molecule has 6 nitrogen and oxygen atoms in total. The molecule has 0 aromatic heterocycles. The van der Waals surface area contributed by atoms with E-state index < -0.39 is 10.0 Å². The van der Waals surface area contributed by atoms with Gasteiger partial charge in [0.25, 0.3) is 5.91 Å². The molecule has 1 N–H and O–H groups in total. The lowest BCUT2D eigenvalue weighted by Crippen LogP contribution is -2.29. The molecule has 0 spiro atoms. The van der Waals surface area contributed by atoms with E-state index in [0.29, 0.717) is 22.9 Å². The van der Waals surface area contributed by atoms with E-state index >= 15 is 0 Å². The van der Waals surface area contributed by atoms with Crippen LogP contribution in [0.2, 0.25) is 5.02 Å². The van der Waals surface area contributed by atoms with Gasteiger partial charge in [-0.2, -0.15) is 0 Å². The molecule has 33 heavy (non-hydrogen) atoms. The fourth-order valence-electron chi connectivity index (χ4n) is 3.32. The van der Waals surface area contributed by atoms with Crippen LogP contribution in [0.3, 0.4) is 0 Å². The Morgan fingerprint density at radius 1 is 1.00 bits per heavy atom. The lowest BCUT2D eigenvalue weighted by Gasteiger charge is -2.23. The molecular formula is C25H27ClN2O4S. The molecule has 0 aliphatic heterocycles. The number of nitrogens with one attached hydrogen (secondary N) is 1. The average Bonchev–Trinajstić information content (AvgIpc) is 2.78. The molecule has 0 unspecified atom stereocenters. The van der Waals surface area contributed by atoms with E-state index in [0.717, 1.165) is 23.1 Å². The number of anilines is 1. The second kappa shape index (κ2) is 10.7. The SMILES string of the molecule is CCOc1ccc([C@@H](C)NC(=O)c2ccc(N(Cc3ccc(Cl)cc3)S(C)(=O)=O)cc2)cc1. The van der Waals surface area contributed by atoms with Crippen molar-refractivity contribution in [2.75, 3.05) is 17.2 Å². The maximum Gasteiger partial charge on any atom is 0.251 e. The summed E-state index contributed by atoms with van der Waals surface area (Å²) in [4.78, 5) is 12.7.